The quantitative estimate of drug-likeness (QED) is 0.103. The largest absolute Gasteiger partial charge is 0.466 e. The van der Waals surface area contributed by atoms with Gasteiger partial charge in [-0.1, -0.05) is 68.4 Å². The second-order valence-corrected chi connectivity index (χ2v) is 12.9. The molecule has 3 aromatic rings. The molecule has 13 heteroatoms. The van der Waals surface area contributed by atoms with E-state index in [-0.39, 0.29) is 43.6 Å². The summed E-state index contributed by atoms with van der Waals surface area (Å²) in [6.45, 7) is 9.54. The van der Waals surface area contributed by atoms with Gasteiger partial charge in [0, 0.05) is 31.2 Å². The summed E-state index contributed by atoms with van der Waals surface area (Å²) in [7, 11) is 0. The number of carbonyl (C=O) groups excluding carboxylic acids is 4. The van der Waals surface area contributed by atoms with Gasteiger partial charge in [-0.3, -0.25) is 19.3 Å². The fourth-order valence-corrected chi connectivity index (χ4v) is 6.11. The molecule has 1 aliphatic heterocycles. The van der Waals surface area contributed by atoms with E-state index in [9.17, 15) is 19.2 Å². The first kappa shape index (κ1) is 40.1. The minimum Gasteiger partial charge on any atom is -0.466 e. The maximum Gasteiger partial charge on any atom is 0.413 e. The number of benzene rings is 3. The topological polar surface area (TPSA) is 159 Å². The van der Waals surface area contributed by atoms with Crippen LogP contribution in [0.2, 0.25) is 0 Å². The summed E-state index contributed by atoms with van der Waals surface area (Å²) in [5.41, 5.74) is 8.17. The molecule has 0 aliphatic carbocycles. The molecule has 3 aromatic carbocycles. The van der Waals surface area contributed by atoms with Crippen LogP contribution in [0.3, 0.4) is 0 Å². The van der Waals surface area contributed by atoms with E-state index in [1.165, 1.54) is 0 Å². The fraction of sp³-hybridized carbons (Fsp3) is 0.487. The van der Waals surface area contributed by atoms with Crippen LogP contribution in [0.5, 0.6) is 0 Å². The molecular weight excluding hydrogens is 668 g/mol. The van der Waals surface area contributed by atoms with Crippen LogP contribution in [0.4, 0.5) is 10.5 Å². The average Bonchev–Trinajstić information content (AvgIpc) is 3.61. The highest BCUT2D eigenvalue weighted by Crippen LogP contribution is 2.34. The van der Waals surface area contributed by atoms with Gasteiger partial charge in [-0.05, 0) is 54.3 Å². The number of hydrogen-bond acceptors (Lipinski definition) is 11. The zero-order chi connectivity index (χ0) is 37.5. The van der Waals surface area contributed by atoms with Gasteiger partial charge < -0.3 is 39.6 Å². The zero-order valence-corrected chi connectivity index (χ0v) is 30.6. The third-order valence-electron chi connectivity index (χ3n) is 8.72. The number of fused-ring (bicyclic) bond motifs is 1. The minimum atomic E-state index is -1.19. The number of rotatable bonds is 19. The van der Waals surface area contributed by atoms with Crippen molar-refractivity contribution < 1.29 is 42.9 Å². The number of carbonyl (C=O) groups is 4. The van der Waals surface area contributed by atoms with E-state index in [0.717, 1.165) is 27.6 Å². The summed E-state index contributed by atoms with van der Waals surface area (Å²) < 4.78 is 27.1. The number of amides is 2. The molecule has 0 aromatic heterocycles. The lowest BCUT2D eigenvalue weighted by Gasteiger charge is -2.36. The van der Waals surface area contributed by atoms with Crippen LogP contribution in [0.1, 0.15) is 51.3 Å². The number of anilines is 1. The Morgan fingerprint density at radius 2 is 1.63 bits per heavy atom. The summed E-state index contributed by atoms with van der Waals surface area (Å²) in [4.78, 5) is 55.1. The maximum atomic E-state index is 14.2. The van der Waals surface area contributed by atoms with E-state index in [4.69, 9.17) is 29.4 Å². The Morgan fingerprint density at radius 1 is 0.904 bits per heavy atom. The predicted octanol–water partition coefficient (Wildman–Crippen LogP) is 4.36. The molecule has 1 saturated heterocycles. The standard InChI is InChI=1S/C39H52N4O9/c1-5-50-36(45)23-29-13-15-31(16-14-29)42-19-17-32(25-42)43(28(4)33-12-8-10-30-9-6-7-11-34(30)33)39(47)52-38(27(2)3)51-37(46)24-41-35(44)26-49-22-21-48-20-18-40/h6-16,27-28,32,38H,5,17-26,40H2,1-4H3,(H,41,44)/t28-,32+,38?/m1/s1. The minimum absolute atomic E-state index is 0.201. The highest BCUT2D eigenvalue weighted by molar-refractivity contribution is 5.86. The number of nitrogens with two attached hydrogens (primary N) is 1. The Balaban J connectivity index is 1.45. The summed E-state index contributed by atoms with van der Waals surface area (Å²) in [6, 6.07) is 21.2. The van der Waals surface area contributed by atoms with Gasteiger partial charge in [0.2, 0.25) is 5.91 Å². The van der Waals surface area contributed by atoms with Gasteiger partial charge in [0.1, 0.15) is 13.2 Å². The van der Waals surface area contributed by atoms with E-state index in [1.807, 2.05) is 73.7 Å². The maximum absolute atomic E-state index is 14.2. The van der Waals surface area contributed by atoms with Crippen molar-refractivity contribution in [1.82, 2.24) is 10.2 Å². The number of ether oxygens (including phenoxy) is 5. The summed E-state index contributed by atoms with van der Waals surface area (Å²) in [5, 5.41) is 4.54. The van der Waals surface area contributed by atoms with Crippen molar-refractivity contribution in [2.45, 2.75) is 58.9 Å². The van der Waals surface area contributed by atoms with Crippen LogP contribution in [0, 0.1) is 5.92 Å². The van der Waals surface area contributed by atoms with E-state index >= 15 is 0 Å². The van der Waals surface area contributed by atoms with Gasteiger partial charge in [-0.15, -0.1) is 0 Å². The molecule has 1 heterocycles. The molecule has 1 aliphatic rings. The Hall–Kier alpha value is -4.72. The first-order chi connectivity index (χ1) is 25.1. The van der Waals surface area contributed by atoms with Crippen molar-refractivity contribution >= 4 is 40.4 Å². The molecule has 3 atom stereocenters. The van der Waals surface area contributed by atoms with Gasteiger partial charge in [0.25, 0.3) is 6.29 Å². The normalized spacial score (nSPS) is 15.3. The summed E-state index contributed by atoms with van der Waals surface area (Å²) in [6.07, 6.45) is -0.932. The molecule has 0 spiro atoms. The van der Waals surface area contributed by atoms with Crippen LogP contribution < -0.4 is 16.0 Å². The van der Waals surface area contributed by atoms with Crippen LogP contribution in [-0.2, 0) is 44.5 Å². The van der Waals surface area contributed by atoms with E-state index in [2.05, 4.69) is 10.2 Å². The molecule has 282 valence electrons. The molecule has 13 nitrogen and oxygen atoms in total. The van der Waals surface area contributed by atoms with Crippen LogP contribution in [-0.4, -0.2) is 100 Å². The van der Waals surface area contributed by atoms with E-state index in [1.54, 1.807) is 25.7 Å². The zero-order valence-electron chi connectivity index (χ0n) is 30.6. The number of nitrogens with one attached hydrogen (secondary N) is 1. The SMILES string of the molecule is CCOC(=O)Cc1ccc(N2CC[C@H](N(C(=O)OC(OC(=O)CNC(=O)COCCOCCN)C(C)C)[C@H](C)c3cccc4ccccc34)C2)cc1. The molecule has 1 fully saturated rings. The van der Waals surface area contributed by atoms with Crippen LogP contribution in [0.25, 0.3) is 10.8 Å². The second kappa shape index (κ2) is 20.4. The van der Waals surface area contributed by atoms with Gasteiger partial charge in [-0.2, -0.15) is 0 Å². The molecule has 52 heavy (non-hydrogen) atoms. The molecular formula is C39H52N4O9. The average molecular weight is 721 g/mol. The van der Waals surface area contributed by atoms with E-state index < -0.39 is 30.8 Å². The highest BCUT2D eigenvalue weighted by Gasteiger charge is 2.38. The number of hydrogen-bond donors (Lipinski definition) is 2. The Bertz CT molecular complexity index is 1610. The summed E-state index contributed by atoms with van der Waals surface area (Å²) >= 11 is 0. The van der Waals surface area contributed by atoms with Crippen molar-refractivity contribution in [1.29, 1.82) is 0 Å². The molecule has 4 rings (SSSR count). The first-order valence-corrected chi connectivity index (χ1v) is 17.9. The fourth-order valence-electron chi connectivity index (χ4n) is 6.11. The van der Waals surface area contributed by atoms with Crippen molar-refractivity contribution in [3.63, 3.8) is 0 Å². The van der Waals surface area contributed by atoms with Gasteiger partial charge in [0.05, 0.1) is 44.9 Å². The monoisotopic (exact) mass is 720 g/mol. The predicted molar refractivity (Wildman–Crippen MR) is 197 cm³/mol. The lowest BCUT2D eigenvalue weighted by Crippen LogP contribution is -2.46. The Labute approximate surface area is 305 Å². The number of esters is 2. The smallest absolute Gasteiger partial charge is 0.413 e. The number of nitrogens with zero attached hydrogens (tertiary/aromatic N) is 2. The molecule has 0 bridgehead atoms. The van der Waals surface area contributed by atoms with Gasteiger partial charge in [0.15, 0.2) is 0 Å². The highest BCUT2D eigenvalue weighted by atomic mass is 16.7. The van der Waals surface area contributed by atoms with Crippen LogP contribution in [0.15, 0.2) is 66.7 Å². The Kier molecular flexibility index (Phi) is 15.7. The van der Waals surface area contributed by atoms with Crippen molar-refractivity contribution in [2.24, 2.45) is 11.7 Å². The molecule has 3 N–H and O–H groups in total. The van der Waals surface area contributed by atoms with Gasteiger partial charge >= 0.3 is 18.0 Å². The first-order valence-electron chi connectivity index (χ1n) is 17.9. The van der Waals surface area contributed by atoms with Crippen LogP contribution >= 0.6 is 0 Å². The third-order valence-corrected chi connectivity index (χ3v) is 8.72. The van der Waals surface area contributed by atoms with E-state index in [0.29, 0.717) is 45.9 Å². The molecule has 1 unspecified atom stereocenters. The lowest BCUT2D eigenvalue weighted by molar-refractivity contribution is -0.176. The summed E-state index contributed by atoms with van der Waals surface area (Å²) in [5.74, 6) is -1.89. The second-order valence-electron chi connectivity index (χ2n) is 12.9. The van der Waals surface area contributed by atoms with Crippen molar-refractivity contribution in [3.8, 4) is 0 Å². The molecule has 2 amide bonds. The molecule has 0 radical (unpaired) electrons. The lowest BCUT2D eigenvalue weighted by atomic mass is 9.97. The third kappa shape index (κ3) is 11.7. The van der Waals surface area contributed by atoms with Gasteiger partial charge in [-0.25, -0.2) is 4.79 Å². The molecule has 0 saturated carbocycles. The Morgan fingerprint density at radius 3 is 2.37 bits per heavy atom. The van der Waals surface area contributed by atoms with Crippen molar-refractivity contribution in [3.05, 3.63) is 77.9 Å². The van der Waals surface area contributed by atoms with Crippen molar-refractivity contribution in [2.75, 3.05) is 64.1 Å².